The maximum atomic E-state index is 12.0. The van der Waals surface area contributed by atoms with Crippen LogP contribution in [0.2, 0.25) is 0 Å². The molecule has 0 aliphatic carbocycles. The van der Waals surface area contributed by atoms with Gasteiger partial charge in [-0.05, 0) is 24.6 Å². The van der Waals surface area contributed by atoms with Gasteiger partial charge >= 0.3 is 0 Å². The molecule has 0 aliphatic rings. The summed E-state index contributed by atoms with van der Waals surface area (Å²) >= 11 is 0. The van der Waals surface area contributed by atoms with E-state index in [-0.39, 0.29) is 21.1 Å². The average molecular weight is 534 g/mol. The van der Waals surface area contributed by atoms with Gasteiger partial charge in [-0.15, -0.1) is 11.1 Å². The van der Waals surface area contributed by atoms with Crippen LogP contribution in [0.15, 0.2) is 30.7 Å². The summed E-state index contributed by atoms with van der Waals surface area (Å²) in [5.41, 5.74) is 3.62. The SMILES string of the molecule is CC(=O)NC(=O)c1ccc(C)c(Nc2ncnn3cc([C-]=O)c(C)c23)c1.[W]. The van der Waals surface area contributed by atoms with E-state index < -0.39 is 11.8 Å². The number of hydrogen-bond donors (Lipinski definition) is 2. The van der Waals surface area contributed by atoms with Crippen molar-refractivity contribution in [1.29, 1.82) is 0 Å². The van der Waals surface area contributed by atoms with Gasteiger partial charge in [0, 0.05) is 44.8 Å². The van der Waals surface area contributed by atoms with Crippen LogP contribution >= 0.6 is 0 Å². The number of amides is 2. The fourth-order valence-electron chi connectivity index (χ4n) is 2.61. The fourth-order valence-corrected chi connectivity index (χ4v) is 2.61. The van der Waals surface area contributed by atoms with Crippen molar-refractivity contribution < 1.29 is 35.4 Å². The minimum atomic E-state index is -0.481. The van der Waals surface area contributed by atoms with Gasteiger partial charge in [0.25, 0.3) is 5.91 Å². The Hall–Kier alpha value is -2.86. The zero-order valence-electron chi connectivity index (χ0n) is 14.9. The molecular weight excluding hydrogens is 518 g/mol. The zero-order chi connectivity index (χ0) is 18.8. The van der Waals surface area contributed by atoms with Gasteiger partial charge in [-0.1, -0.05) is 19.2 Å². The standard InChI is InChI=1S/C18H16N5O3.W/c1-10-4-5-13(18(26)21-12(3)25)6-15(10)22-17-16-11(2)14(8-24)7-23(16)20-9-19-17;/h4-7,9H,1-3H3,(H,19,20,22)(H,21,25,26);/q-1;. The molecule has 9 heteroatoms. The van der Waals surface area contributed by atoms with Gasteiger partial charge in [0.05, 0.1) is 6.29 Å². The molecule has 0 unspecified atom stereocenters. The molecule has 1 aromatic carbocycles. The molecule has 0 radical (unpaired) electrons. The number of rotatable bonds is 4. The van der Waals surface area contributed by atoms with Crippen molar-refractivity contribution in [2.24, 2.45) is 0 Å². The monoisotopic (exact) mass is 534 g/mol. The van der Waals surface area contributed by atoms with Crippen molar-refractivity contribution in [3.63, 3.8) is 0 Å². The summed E-state index contributed by atoms with van der Waals surface area (Å²) < 4.78 is 1.55. The van der Waals surface area contributed by atoms with E-state index in [1.807, 2.05) is 13.2 Å². The molecule has 138 valence electrons. The molecule has 3 aromatic rings. The molecule has 0 fully saturated rings. The second kappa shape index (κ2) is 8.22. The number of fused-ring (bicyclic) bond motifs is 1. The summed E-state index contributed by atoms with van der Waals surface area (Å²) in [6.07, 6.45) is 4.82. The van der Waals surface area contributed by atoms with E-state index in [4.69, 9.17) is 0 Å². The van der Waals surface area contributed by atoms with Crippen molar-refractivity contribution >= 4 is 35.1 Å². The van der Waals surface area contributed by atoms with Crippen molar-refractivity contribution in [2.45, 2.75) is 20.8 Å². The molecule has 0 bridgehead atoms. The summed E-state index contributed by atoms with van der Waals surface area (Å²) in [5.74, 6) is -0.416. The van der Waals surface area contributed by atoms with E-state index in [0.29, 0.717) is 33.7 Å². The molecule has 2 heterocycles. The molecular formula is C18H16N5O3W-. The number of benzene rings is 1. The molecule has 0 saturated heterocycles. The van der Waals surface area contributed by atoms with E-state index in [1.165, 1.54) is 13.3 Å². The normalized spacial score (nSPS) is 10.2. The van der Waals surface area contributed by atoms with Gasteiger partial charge in [-0.3, -0.25) is 14.9 Å². The largest absolute Gasteiger partial charge is 0.376 e. The van der Waals surface area contributed by atoms with E-state index in [0.717, 1.165) is 5.56 Å². The molecule has 27 heavy (non-hydrogen) atoms. The second-order valence-corrected chi connectivity index (χ2v) is 5.84. The van der Waals surface area contributed by atoms with E-state index in [2.05, 4.69) is 20.7 Å². The molecule has 2 amide bonds. The summed E-state index contributed by atoms with van der Waals surface area (Å²) in [6.45, 7) is 4.94. The quantitative estimate of drug-likeness (QED) is 0.496. The predicted octanol–water partition coefficient (Wildman–Crippen LogP) is 1.82. The van der Waals surface area contributed by atoms with Gasteiger partial charge in [0.2, 0.25) is 5.91 Å². The first-order chi connectivity index (χ1) is 12.4. The maximum Gasteiger partial charge on any atom is 0.257 e. The van der Waals surface area contributed by atoms with Crippen LogP contribution in [-0.4, -0.2) is 32.7 Å². The van der Waals surface area contributed by atoms with Gasteiger partial charge < -0.3 is 14.6 Å². The third kappa shape index (κ3) is 4.11. The number of aromatic nitrogens is 3. The van der Waals surface area contributed by atoms with Gasteiger partial charge in [-0.25, -0.2) is 4.98 Å². The molecule has 0 aliphatic heterocycles. The maximum absolute atomic E-state index is 12.0. The first-order valence-electron chi connectivity index (χ1n) is 7.81. The fraction of sp³-hybridized carbons (Fsp3) is 0.167. The van der Waals surface area contributed by atoms with Crippen LogP contribution in [0.4, 0.5) is 11.5 Å². The van der Waals surface area contributed by atoms with Crippen LogP contribution < -0.4 is 10.6 Å². The Morgan fingerprint density at radius 2 is 1.96 bits per heavy atom. The number of anilines is 2. The summed E-state index contributed by atoms with van der Waals surface area (Å²) in [6, 6.07) is 5.04. The molecule has 3 rings (SSSR count). The number of nitrogens with zero attached hydrogens (tertiary/aromatic N) is 3. The number of carbonyl (C=O) groups is 2. The zero-order valence-corrected chi connectivity index (χ0v) is 17.8. The van der Waals surface area contributed by atoms with Crippen LogP contribution in [0.3, 0.4) is 0 Å². The minimum Gasteiger partial charge on any atom is -0.376 e. The minimum absolute atomic E-state index is 0. The number of nitrogens with one attached hydrogen (secondary N) is 2. The third-order valence-electron chi connectivity index (χ3n) is 3.98. The average Bonchev–Trinajstić information content (AvgIpc) is 2.93. The summed E-state index contributed by atoms with van der Waals surface area (Å²) in [7, 11) is 0. The Morgan fingerprint density at radius 1 is 1.22 bits per heavy atom. The summed E-state index contributed by atoms with van der Waals surface area (Å²) in [5, 5.41) is 9.52. The van der Waals surface area contributed by atoms with Crippen molar-refractivity contribution in [1.82, 2.24) is 19.9 Å². The molecule has 2 aromatic heterocycles. The van der Waals surface area contributed by atoms with Crippen LogP contribution in [0, 0.1) is 13.8 Å². The van der Waals surface area contributed by atoms with Crippen molar-refractivity contribution in [3.05, 3.63) is 53.0 Å². The van der Waals surface area contributed by atoms with Gasteiger partial charge in [-0.2, -0.15) is 5.10 Å². The van der Waals surface area contributed by atoms with Crippen LogP contribution in [0.1, 0.15) is 34.0 Å². The van der Waals surface area contributed by atoms with Gasteiger partial charge in [0.15, 0.2) is 0 Å². The molecule has 0 atom stereocenters. The molecule has 0 saturated carbocycles. The van der Waals surface area contributed by atoms with Crippen LogP contribution in [0.25, 0.3) is 5.52 Å². The topological polar surface area (TPSA) is 105 Å². The Bertz CT molecular complexity index is 1040. The Balaban J connectivity index is 0.00000261. The van der Waals surface area contributed by atoms with Crippen molar-refractivity contribution in [3.8, 4) is 0 Å². The molecule has 2 N–H and O–H groups in total. The summed E-state index contributed by atoms with van der Waals surface area (Å²) in [4.78, 5) is 38.4. The Labute approximate surface area is 169 Å². The number of hydrogen-bond acceptors (Lipinski definition) is 6. The van der Waals surface area contributed by atoms with Crippen molar-refractivity contribution in [2.75, 3.05) is 5.32 Å². The predicted molar refractivity (Wildman–Crippen MR) is 95.1 cm³/mol. The first kappa shape index (κ1) is 20.5. The second-order valence-electron chi connectivity index (χ2n) is 5.84. The molecule has 8 nitrogen and oxygen atoms in total. The smallest absolute Gasteiger partial charge is 0.257 e. The van der Waals surface area contributed by atoms with E-state index in [1.54, 1.807) is 35.8 Å². The van der Waals surface area contributed by atoms with E-state index in [9.17, 15) is 14.4 Å². The van der Waals surface area contributed by atoms with E-state index >= 15 is 0 Å². The Morgan fingerprint density at radius 3 is 2.63 bits per heavy atom. The number of aryl methyl sites for hydroxylation is 2. The number of imide groups is 1. The Kier molecular flexibility index (Phi) is 6.23. The third-order valence-corrected chi connectivity index (χ3v) is 3.98. The van der Waals surface area contributed by atoms with Gasteiger partial charge in [0.1, 0.15) is 12.1 Å². The first-order valence-corrected chi connectivity index (χ1v) is 7.81. The molecule has 0 spiro atoms. The van der Waals surface area contributed by atoms with Crippen LogP contribution in [-0.2, 0) is 30.7 Å². The van der Waals surface area contributed by atoms with Crippen LogP contribution in [0.5, 0.6) is 0 Å². The number of carbonyl (C=O) groups excluding carboxylic acids is 3.